The molecule has 0 aromatic heterocycles. The fourth-order valence-electron chi connectivity index (χ4n) is 2.18. The van der Waals surface area contributed by atoms with Gasteiger partial charge in [-0.3, -0.25) is 0 Å². The molecule has 0 spiro atoms. The Labute approximate surface area is 127 Å². The molecular formula is C18H20BO2. The van der Waals surface area contributed by atoms with Gasteiger partial charge in [0.05, 0.1) is 6.61 Å². The van der Waals surface area contributed by atoms with E-state index in [4.69, 9.17) is 9.47 Å². The molecule has 0 bridgehead atoms. The monoisotopic (exact) mass is 279 g/mol. The van der Waals surface area contributed by atoms with Crippen molar-refractivity contribution < 1.29 is 9.47 Å². The molecule has 0 saturated carbocycles. The molecule has 1 heterocycles. The summed E-state index contributed by atoms with van der Waals surface area (Å²) in [6, 6.07) is 16.9. The van der Waals surface area contributed by atoms with Crippen molar-refractivity contribution in [3.05, 3.63) is 54.1 Å². The van der Waals surface area contributed by atoms with Crippen LogP contribution < -0.4 is 15.7 Å². The summed E-state index contributed by atoms with van der Waals surface area (Å²) in [5.41, 5.74) is 3.78. The molecule has 3 rings (SSSR count). The van der Waals surface area contributed by atoms with Crippen LogP contribution in [-0.2, 0) is 4.74 Å². The van der Waals surface area contributed by atoms with Crippen molar-refractivity contribution >= 4 is 18.2 Å². The second-order valence-electron chi connectivity index (χ2n) is 5.80. The first-order chi connectivity index (χ1) is 10.2. The Kier molecular flexibility index (Phi) is 4.30. The van der Waals surface area contributed by atoms with E-state index >= 15 is 0 Å². The van der Waals surface area contributed by atoms with E-state index in [1.54, 1.807) is 0 Å². The lowest BCUT2D eigenvalue weighted by atomic mass is 9.64. The second-order valence-corrected chi connectivity index (χ2v) is 5.80. The first kappa shape index (κ1) is 14.2. The quantitative estimate of drug-likeness (QED) is 0.597. The van der Waals surface area contributed by atoms with Gasteiger partial charge in [0.2, 0.25) is 0 Å². The van der Waals surface area contributed by atoms with Crippen LogP contribution in [0.25, 0.3) is 0 Å². The van der Waals surface area contributed by atoms with Crippen LogP contribution in [0, 0.1) is 0 Å². The average molecular weight is 279 g/mol. The lowest BCUT2D eigenvalue weighted by Crippen LogP contribution is -2.26. The number of rotatable bonds is 6. The molecule has 107 valence electrons. The van der Waals surface area contributed by atoms with Crippen molar-refractivity contribution in [1.82, 2.24) is 0 Å². The highest BCUT2D eigenvalue weighted by Crippen LogP contribution is 2.14. The van der Waals surface area contributed by atoms with Crippen molar-refractivity contribution in [3.8, 4) is 5.75 Å². The molecule has 1 radical (unpaired) electrons. The second kappa shape index (κ2) is 6.36. The summed E-state index contributed by atoms with van der Waals surface area (Å²) in [7, 11) is 2.18. The minimum atomic E-state index is 0.302. The molecule has 0 aliphatic carbocycles. The molecule has 1 saturated heterocycles. The lowest BCUT2D eigenvalue weighted by molar-refractivity contribution is 0.263. The van der Waals surface area contributed by atoms with Crippen LogP contribution in [0.2, 0.25) is 0 Å². The predicted molar refractivity (Wildman–Crippen MR) is 87.2 cm³/mol. The normalized spacial score (nSPS) is 16.8. The van der Waals surface area contributed by atoms with E-state index in [1.165, 1.54) is 16.5 Å². The Bertz CT molecular complexity index is 571. The smallest absolute Gasteiger partial charge is 0.191 e. The predicted octanol–water partition coefficient (Wildman–Crippen LogP) is 2.24. The summed E-state index contributed by atoms with van der Waals surface area (Å²) in [6.45, 7) is 5.91. The van der Waals surface area contributed by atoms with Crippen LogP contribution in [0.15, 0.2) is 48.5 Å². The van der Waals surface area contributed by atoms with Crippen LogP contribution in [0.1, 0.15) is 25.3 Å². The molecule has 0 N–H and O–H groups in total. The Morgan fingerprint density at radius 1 is 1.05 bits per heavy atom. The van der Waals surface area contributed by atoms with Crippen molar-refractivity contribution in [2.24, 2.45) is 0 Å². The zero-order chi connectivity index (χ0) is 14.7. The maximum absolute atomic E-state index is 5.64. The number of hydrogen-bond acceptors (Lipinski definition) is 2. The zero-order valence-electron chi connectivity index (χ0n) is 12.6. The van der Waals surface area contributed by atoms with Crippen LogP contribution in [-0.4, -0.2) is 26.6 Å². The molecule has 1 aliphatic rings. The summed E-state index contributed by atoms with van der Waals surface area (Å²) < 4.78 is 10.8. The highest BCUT2D eigenvalue weighted by molar-refractivity contribution is 6.67. The number of ether oxygens (including phenoxy) is 2. The van der Waals surface area contributed by atoms with Crippen molar-refractivity contribution in [1.29, 1.82) is 0 Å². The largest absolute Gasteiger partial charge is 0.491 e. The molecule has 1 aliphatic heterocycles. The maximum Gasteiger partial charge on any atom is 0.191 e. The molecule has 2 aromatic rings. The highest BCUT2D eigenvalue weighted by atomic mass is 16.6. The fraction of sp³-hybridized carbons (Fsp3) is 0.333. The van der Waals surface area contributed by atoms with Gasteiger partial charge < -0.3 is 9.47 Å². The first-order valence-corrected chi connectivity index (χ1v) is 7.50. The lowest BCUT2D eigenvalue weighted by Gasteiger charge is -2.07. The summed E-state index contributed by atoms with van der Waals surface area (Å²) >= 11 is 0. The molecule has 1 unspecified atom stereocenters. The van der Waals surface area contributed by atoms with Gasteiger partial charge in [0.25, 0.3) is 0 Å². The molecule has 1 fully saturated rings. The SMILES string of the molecule is CC(C)c1ccc([B]c2ccc(OCC3CO3)cc2)cc1. The van der Waals surface area contributed by atoms with Gasteiger partial charge in [0.15, 0.2) is 7.28 Å². The molecule has 21 heavy (non-hydrogen) atoms. The van der Waals surface area contributed by atoms with Gasteiger partial charge in [-0.25, -0.2) is 0 Å². The van der Waals surface area contributed by atoms with Crippen LogP contribution in [0.4, 0.5) is 0 Å². The average Bonchev–Trinajstić information content (AvgIpc) is 3.31. The third kappa shape index (κ3) is 4.12. The van der Waals surface area contributed by atoms with Crippen molar-refractivity contribution in [2.75, 3.05) is 13.2 Å². The standard InChI is InChI=1S/C18H20BO2/c1-13(2)14-3-5-15(6-4-14)19-16-7-9-17(10-8-16)20-11-18-12-21-18/h3-10,13,18H,11-12H2,1-2H3. The van der Waals surface area contributed by atoms with E-state index in [0.717, 1.165) is 12.4 Å². The fourth-order valence-corrected chi connectivity index (χ4v) is 2.18. The van der Waals surface area contributed by atoms with Gasteiger partial charge in [0.1, 0.15) is 18.5 Å². The summed E-state index contributed by atoms with van der Waals surface area (Å²) in [5, 5.41) is 0. The van der Waals surface area contributed by atoms with Gasteiger partial charge >= 0.3 is 0 Å². The Balaban J connectivity index is 1.58. The van der Waals surface area contributed by atoms with Crippen molar-refractivity contribution in [2.45, 2.75) is 25.9 Å². The van der Waals surface area contributed by atoms with E-state index in [-0.39, 0.29) is 0 Å². The third-order valence-electron chi connectivity index (χ3n) is 3.65. The maximum atomic E-state index is 5.64. The van der Waals surface area contributed by atoms with Crippen molar-refractivity contribution in [3.63, 3.8) is 0 Å². The minimum absolute atomic E-state index is 0.302. The number of epoxide rings is 1. The molecule has 3 heteroatoms. The summed E-state index contributed by atoms with van der Waals surface area (Å²) in [6.07, 6.45) is 0.302. The van der Waals surface area contributed by atoms with Gasteiger partial charge in [-0.05, 0) is 23.6 Å². The number of benzene rings is 2. The van der Waals surface area contributed by atoms with E-state index in [9.17, 15) is 0 Å². The molecular weight excluding hydrogens is 259 g/mol. The van der Waals surface area contributed by atoms with E-state index in [1.807, 2.05) is 12.1 Å². The van der Waals surface area contributed by atoms with E-state index in [0.29, 0.717) is 18.6 Å². The van der Waals surface area contributed by atoms with Gasteiger partial charge in [-0.1, -0.05) is 61.2 Å². The van der Waals surface area contributed by atoms with Crippen LogP contribution in [0.5, 0.6) is 5.75 Å². The Morgan fingerprint density at radius 3 is 2.14 bits per heavy atom. The van der Waals surface area contributed by atoms with E-state index in [2.05, 4.69) is 57.5 Å². The Morgan fingerprint density at radius 2 is 1.62 bits per heavy atom. The highest BCUT2D eigenvalue weighted by Gasteiger charge is 2.22. The first-order valence-electron chi connectivity index (χ1n) is 7.50. The van der Waals surface area contributed by atoms with Crippen LogP contribution >= 0.6 is 0 Å². The van der Waals surface area contributed by atoms with E-state index < -0.39 is 0 Å². The molecule has 2 aromatic carbocycles. The minimum Gasteiger partial charge on any atom is -0.491 e. The summed E-state index contributed by atoms with van der Waals surface area (Å²) in [5.74, 6) is 1.48. The topological polar surface area (TPSA) is 21.8 Å². The van der Waals surface area contributed by atoms with Crippen LogP contribution in [0.3, 0.4) is 0 Å². The van der Waals surface area contributed by atoms with Gasteiger partial charge in [-0.15, -0.1) is 0 Å². The van der Waals surface area contributed by atoms with Gasteiger partial charge in [0, 0.05) is 0 Å². The summed E-state index contributed by atoms with van der Waals surface area (Å²) in [4.78, 5) is 0. The zero-order valence-corrected chi connectivity index (χ0v) is 12.6. The molecule has 1 atom stereocenters. The molecule has 0 amide bonds. The Hall–Kier alpha value is -1.74. The molecule has 2 nitrogen and oxygen atoms in total. The third-order valence-corrected chi connectivity index (χ3v) is 3.65. The van der Waals surface area contributed by atoms with Gasteiger partial charge in [-0.2, -0.15) is 0 Å². The number of hydrogen-bond donors (Lipinski definition) is 0.